The molecule has 0 bridgehead atoms. The quantitative estimate of drug-likeness (QED) is 0.865. The molecule has 4 nitrogen and oxygen atoms in total. The molecule has 0 saturated heterocycles. The van der Waals surface area contributed by atoms with Crippen molar-refractivity contribution in [2.45, 2.75) is 39.0 Å². The van der Waals surface area contributed by atoms with Crippen LogP contribution in [0.4, 0.5) is 0 Å². The molecule has 1 aliphatic rings. The number of carbonyl (C=O) groups is 1. The molecule has 19 heavy (non-hydrogen) atoms. The maximum atomic E-state index is 11.0. The molecule has 3 rings (SSSR count). The summed E-state index contributed by atoms with van der Waals surface area (Å²) in [4.78, 5) is 18.9. The normalized spacial score (nSPS) is 21.9. The van der Waals surface area contributed by atoms with Crippen molar-refractivity contribution in [2.75, 3.05) is 0 Å². The van der Waals surface area contributed by atoms with Gasteiger partial charge in [-0.3, -0.25) is 0 Å². The van der Waals surface area contributed by atoms with E-state index in [4.69, 9.17) is 5.11 Å². The largest absolute Gasteiger partial charge is 0.478 e. The second-order valence-corrected chi connectivity index (χ2v) is 6.09. The number of fused-ring (bicyclic) bond motifs is 1. The lowest BCUT2D eigenvalue weighted by Gasteiger charge is -2.24. The number of hydrogen-bond acceptors (Lipinski definition) is 2. The number of hydrogen-bond donors (Lipinski definition) is 2. The SMILES string of the molecule is CC1(C)CCCC1c1nc2ccc(C(=O)O)cc2[nH]1. The molecule has 0 aliphatic heterocycles. The molecule has 0 radical (unpaired) electrons. The highest BCUT2D eigenvalue weighted by Gasteiger charge is 2.37. The number of carboxylic acids is 1. The van der Waals surface area contributed by atoms with Crippen molar-refractivity contribution < 1.29 is 9.90 Å². The monoisotopic (exact) mass is 258 g/mol. The average Bonchev–Trinajstić information content (AvgIpc) is 2.89. The minimum Gasteiger partial charge on any atom is -0.478 e. The van der Waals surface area contributed by atoms with Gasteiger partial charge < -0.3 is 10.1 Å². The van der Waals surface area contributed by atoms with Gasteiger partial charge in [0.2, 0.25) is 0 Å². The van der Waals surface area contributed by atoms with Crippen LogP contribution in [0, 0.1) is 5.41 Å². The fourth-order valence-electron chi connectivity index (χ4n) is 3.16. The van der Waals surface area contributed by atoms with Gasteiger partial charge in [-0.25, -0.2) is 9.78 Å². The van der Waals surface area contributed by atoms with Crippen molar-refractivity contribution in [1.29, 1.82) is 0 Å². The molecule has 1 heterocycles. The standard InChI is InChI=1S/C15H18N2O2/c1-15(2)7-3-4-10(15)13-16-11-6-5-9(14(18)19)8-12(11)17-13/h5-6,8,10H,3-4,7H2,1-2H3,(H,16,17)(H,18,19). The van der Waals surface area contributed by atoms with Crippen molar-refractivity contribution in [3.63, 3.8) is 0 Å². The van der Waals surface area contributed by atoms with Gasteiger partial charge in [-0.2, -0.15) is 0 Å². The smallest absolute Gasteiger partial charge is 0.335 e. The second kappa shape index (κ2) is 4.08. The molecule has 2 aromatic rings. The Morgan fingerprint density at radius 3 is 2.89 bits per heavy atom. The molecule has 100 valence electrons. The first-order chi connectivity index (χ1) is 8.97. The molecule has 1 aromatic heterocycles. The van der Waals surface area contributed by atoms with Gasteiger partial charge in [-0.1, -0.05) is 20.3 Å². The Bertz CT molecular complexity index is 643. The van der Waals surface area contributed by atoms with Crippen LogP contribution in [0.1, 0.15) is 55.2 Å². The number of H-pyrrole nitrogens is 1. The molecule has 0 spiro atoms. The summed E-state index contributed by atoms with van der Waals surface area (Å²) in [5, 5.41) is 9.01. The first-order valence-electron chi connectivity index (χ1n) is 6.70. The number of aromatic carboxylic acids is 1. The highest BCUT2D eigenvalue weighted by molar-refractivity contribution is 5.92. The van der Waals surface area contributed by atoms with Gasteiger partial charge in [0.25, 0.3) is 0 Å². The highest BCUT2D eigenvalue weighted by Crippen LogP contribution is 2.48. The van der Waals surface area contributed by atoms with Crippen LogP contribution in [0.2, 0.25) is 0 Å². The number of carboxylic acid groups (broad SMARTS) is 1. The zero-order chi connectivity index (χ0) is 13.6. The van der Waals surface area contributed by atoms with Crippen LogP contribution in [0.25, 0.3) is 11.0 Å². The van der Waals surface area contributed by atoms with E-state index < -0.39 is 5.97 Å². The van der Waals surface area contributed by atoms with E-state index in [1.807, 2.05) is 0 Å². The molecule has 2 N–H and O–H groups in total. The van der Waals surface area contributed by atoms with Gasteiger partial charge in [-0.15, -0.1) is 0 Å². The average molecular weight is 258 g/mol. The third-order valence-corrected chi connectivity index (χ3v) is 4.33. The predicted octanol–water partition coefficient (Wildman–Crippen LogP) is 3.55. The van der Waals surface area contributed by atoms with Crippen molar-refractivity contribution in [2.24, 2.45) is 5.41 Å². The van der Waals surface area contributed by atoms with Gasteiger partial charge in [0.1, 0.15) is 5.82 Å². The minimum atomic E-state index is -0.903. The summed E-state index contributed by atoms with van der Waals surface area (Å²) in [6.07, 6.45) is 3.60. The topological polar surface area (TPSA) is 66.0 Å². The zero-order valence-corrected chi connectivity index (χ0v) is 11.2. The molecular weight excluding hydrogens is 240 g/mol. The lowest BCUT2D eigenvalue weighted by molar-refractivity contribution is 0.0697. The predicted molar refractivity (Wildman–Crippen MR) is 73.4 cm³/mol. The summed E-state index contributed by atoms with van der Waals surface area (Å²) < 4.78 is 0. The van der Waals surface area contributed by atoms with E-state index >= 15 is 0 Å². The molecule has 1 saturated carbocycles. The van der Waals surface area contributed by atoms with Crippen LogP contribution < -0.4 is 0 Å². The maximum Gasteiger partial charge on any atom is 0.335 e. The molecule has 1 fully saturated rings. The van der Waals surface area contributed by atoms with Gasteiger partial charge in [-0.05, 0) is 36.5 Å². The number of aromatic nitrogens is 2. The summed E-state index contributed by atoms with van der Waals surface area (Å²) in [5.74, 6) is 0.535. The van der Waals surface area contributed by atoms with Crippen molar-refractivity contribution in [3.05, 3.63) is 29.6 Å². The van der Waals surface area contributed by atoms with Gasteiger partial charge in [0, 0.05) is 5.92 Å². The van der Waals surface area contributed by atoms with Gasteiger partial charge >= 0.3 is 5.97 Å². The Morgan fingerprint density at radius 2 is 2.26 bits per heavy atom. The van der Waals surface area contributed by atoms with E-state index in [2.05, 4.69) is 23.8 Å². The first kappa shape index (κ1) is 12.2. The third-order valence-electron chi connectivity index (χ3n) is 4.33. The van der Waals surface area contributed by atoms with Gasteiger partial charge in [0.15, 0.2) is 0 Å². The second-order valence-electron chi connectivity index (χ2n) is 6.09. The zero-order valence-electron chi connectivity index (χ0n) is 11.2. The van der Waals surface area contributed by atoms with E-state index in [1.54, 1.807) is 18.2 Å². The maximum absolute atomic E-state index is 11.0. The Kier molecular flexibility index (Phi) is 2.62. The van der Waals surface area contributed by atoms with E-state index in [0.717, 1.165) is 23.3 Å². The summed E-state index contributed by atoms with van der Waals surface area (Å²) in [6.45, 7) is 4.56. The van der Waals surface area contributed by atoms with Crippen molar-refractivity contribution >= 4 is 17.0 Å². The van der Waals surface area contributed by atoms with Crippen LogP contribution in [0.5, 0.6) is 0 Å². The van der Waals surface area contributed by atoms with Crippen LogP contribution >= 0.6 is 0 Å². The van der Waals surface area contributed by atoms with Gasteiger partial charge in [0.05, 0.1) is 16.6 Å². The fraction of sp³-hybridized carbons (Fsp3) is 0.467. The lowest BCUT2D eigenvalue weighted by atomic mass is 9.81. The first-order valence-corrected chi connectivity index (χ1v) is 6.70. The van der Waals surface area contributed by atoms with Crippen molar-refractivity contribution in [1.82, 2.24) is 9.97 Å². The molecule has 1 unspecified atom stereocenters. The molecule has 1 aliphatic carbocycles. The van der Waals surface area contributed by atoms with Crippen molar-refractivity contribution in [3.8, 4) is 0 Å². The Labute approximate surface area is 111 Å². The number of benzene rings is 1. The molecule has 1 aromatic carbocycles. The summed E-state index contributed by atoms with van der Waals surface area (Å²) >= 11 is 0. The number of aromatic amines is 1. The third kappa shape index (κ3) is 2.01. The number of imidazole rings is 1. The van der Waals surface area contributed by atoms with E-state index in [0.29, 0.717) is 11.5 Å². The Balaban J connectivity index is 2.04. The summed E-state index contributed by atoms with van der Waals surface area (Å²) in [5.41, 5.74) is 2.23. The fourth-order valence-corrected chi connectivity index (χ4v) is 3.16. The molecule has 0 amide bonds. The number of nitrogens with zero attached hydrogens (tertiary/aromatic N) is 1. The Morgan fingerprint density at radius 1 is 1.47 bits per heavy atom. The van der Waals surface area contributed by atoms with Crippen LogP contribution in [-0.2, 0) is 0 Å². The van der Waals surface area contributed by atoms with E-state index in [9.17, 15) is 4.79 Å². The van der Waals surface area contributed by atoms with Crippen LogP contribution in [0.3, 0.4) is 0 Å². The van der Waals surface area contributed by atoms with E-state index in [-0.39, 0.29) is 5.41 Å². The molecular formula is C15H18N2O2. The number of nitrogens with one attached hydrogen (secondary N) is 1. The Hall–Kier alpha value is -1.84. The molecule has 4 heteroatoms. The lowest BCUT2D eigenvalue weighted by Crippen LogP contribution is -2.16. The number of rotatable bonds is 2. The highest BCUT2D eigenvalue weighted by atomic mass is 16.4. The summed E-state index contributed by atoms with van der Waals surface area (Å²) in [6, 6.07) is 5.05. The minimum absolute atomic E-state index is 0.267. The van der Waals surface area contributed by atoms with Crippen LogP contribution in [-0.4, -0.2) is 21.0 Å². The van der Waals surface area contributed by atoms with E-state index in [1.165, 1.54) is 12.8 Å². The summed E-state index contributed by atoms with van der Waals surface area (Å²) in [7, 11) is 0. The van der Waals surface area contributed by atoms with Crippen LogP contribution in [0.15, 0.2) is 18.2 Å². The molecule has 1 atom stereocenters.